The topological polar surface area (TPSA) is 18.5 Å². The van der Waals surface area contributed by atoms with Crippen molar-refractivity contribution < 1.29 is 66.4 Å². The van der Waals surface area contributed by atoms with Gasteiger partial charge < -0.3 is 66.4 Å². The summed E-state index contributed by atoms with van der Waals surface area (Å²) in [6.07, 6.45) is 0. The summed E-state index contributed by atoms with van der Waals surface area (Å²) < 4.78 is 13.8. The zero-order valence-corrected chi connectivity index (χ0v) is 21.3. The maximum Gasteiger partial charge on any atom is 0.102 e. The number of rotatable bonds is 15. The maximum atomic E-state index is 5.76. The Morgan fingerprint density at radius 3 is 0.917 bits per heavy atom. The van der Waals surface area contributed by atoms with E-state index in [1.165, 1.54) is 39.3 Å². The predicted molar refractivity (Wildman–Crippen MR) is 95.1 cm³/mol. The van der Waals surface area contributed by atoms with E-state index in [-0.39, 0.29) is 48.0 Å². The average molecular weight is 572 g/mol. The van der Waals surface area contributed by atoms with Gasteiger partial charge in [-0.1, -0.05) is 0 Å². The van der Waals surface area contributed by atoms with Crippen molar-refractivity contribution in [2.24, 2.45) is 0 Å². The summed E-state index contributed by atoms with van der Waals surface area (Å²) in [5, 5.41) is 0. The maximum absolute atomic E-state index is 5.76. The normalized spacial score (nSPS) is 11.8. The van der Waals surface area contributed by atoms with E-state index in [1.54, 1.807) is 0 Å². The van der Waals surface area contributed by atoms with Crippen LogP contribution in [0.2, 0.25) is 0 Å². The molecule has 0 radical (unpaired) electrons. The molecule has 0 aromatic heterocycles. The predicted octanol–water partition coefficient (Wildman–Crippen LogP) is -3.22. The van der Waals surface area contributed by atoms with E-state index in [0.717, 1.165) is 48.5 Å². The highest BCUT2D eigenvalue weighted by Gasteiger charge is 2.20. The first kappa shape index (κ1) is 30.0. The van der Waals surface area contributed by atoms with Gasteiger partial charge >= 0.3 is 0 Å². The Morgan fingerprint density at radius 2 is 0.708 bits per heavy atom. The van der Waals surface area contributed by atoms with Gasteiger partial charge in [0.25, 0.3) is 0 Å². The lowest BCUT2D eigenvalue weighted by Gasteiger charge is -2.35. The molecule has 0 aromatic rings. The third-order valence-corrected chi connectivity index (χ3v) is 5.82. The van der Waals surface area contributed by atoms with Crippen molar-refractivity contribution in [2.45, 2.75) is 41.5 Å². The number of nitrogens with zero attached hydrogens (tertiary/aromatic N) is 2. The van der Waals surface area contributed by atoms with Gasteiger partial charge in [-0.15, -0.1) is 0 Å². The highest BCUT2D eigenvalue weighted by molar-refractivity contribution is 4.41. The molecule has 0 aromatic carbocycles. The fourth-order valence-electron chi connectivity index (χ4n) is 3.13. The van der Waals surface area contributed by atoms with Gasteiger partial charge in [0.1, 0.15) is 13.1 Å². The number of likely N-dealkylation sites (N-methyl/N-ethyl adjacent to an activating group) is 2. The quantitative estimate of drug-likeness (QED) is 0.117. The highest BCUT2D eigenvalue weighted by atomic mass is 127. The molecule has 0 unspecified atom stereocenters. The summed E-state index contributed by atoms with van der Waals surface area (Å²) >= 11 is 0. The van der Waals surface area contributed by atoms with E-state index in [2.05, 4.69) is 41.5 Å². The van der Waals surface area contributed by atoms with Crippen LogP contribution in [0.4, 0.5) is 0 Å². The van der Waals surface area contributed by atoms with Crippen molar-refractivity contribution in [3.63, 3.8) is 0 Å². The van der Waals surface area contributed by atoms with Crippen LogP contribution in [0.3, 0.4) is 0 Å². The minimum absolute atomic E-state index is 0. The van der Waals surface area contributed by atoms with Gasteiger partial charge in [-0.2, -0.15) is 0 Å². The standard InChI is InChI=1S/C18H42N2O2.2HI/c1-7-19(8-2,9-3)13-15-21-17-18-22-16-14-20(10-4,11-5)12-6;;/h7-18H2,1-6H3;2*1H/q+2;;/p-2. The van der Waals surface area contributed by atoms with Crippen LogP contribution in [0, 0.1) is 0 Å². The highest BCUT2D eigenvalue weighted by Crippen LogP contribution is 2.06. The lowest BCUT2D eigenvalue weighted by Crippen LogP contribution is -3.00. The van der Waals surface area contributed by atoms with Crippen molar-refractivity contribution in [1.82, 2.24) is 0 Å². The smallest absolute Gasteiger partial charge is 0.102 e. The first-order valence-corrected chi connectivity index (χ1v) is 9.43. The number of quaternary nitrogens is 2. The molecule has 0 amide bonds. The zero-order chi connectivity index (χ0) is 16.9. The zero-order valence-electron chi connectivity index (χ0n) is 17.0. The van der Waals surface area contributed by atoms with E-state index in [0.29, 0.717) is 0 Å². The number of hydrogen-bond acceptors (Lipinski definition) is 2. The molecule has 0 aliphatic carbocycles. The molecular weight excluding hydrogens is 530 g/mol. The van der Waals surface area contributed by atoms with Crippen molar-refractivity contribution in [2.75, 3.05) is 78.8 Å². The van der Waals surface area contributed by atoms with Gasteiger partial charge in [0.05, 0.1) is 65.7 Å². The summed E-state index contributed by atoms with van der Waals surface area (Å²) in [5.41, 5.74) is 0. The van der Waals surface area contributed by atoms with Crippen LogP contribution in [0.25, 0.3) is 0 Å². The molecule has 0 fully saturated rings. The average Bonchev–Trinajstić information content (AvgIpc) is 2.58. The molecule has 6 heteroatoms. The molecule has 0 N–H and O–H groups in total. The first-order valence-electron chi connectivity index (χ1n) is 9.43. The van der Waals surface area contributed by atoms with Crippen molar-refractivity contribution in [3.8, 4) is 0 Å². The third-order valence-electron chi connectivity index (χ3n) is 5.82. The fourth-order valence-corrected chi connectivity index (χ4v) is 3.13. The Morgan fingerprint density at radius 1 is 0.458 bits per heavy atom. The van der Waals surface area contributed by atoms with Gasteiger partial charge in [-0.05, 0) is 41.5 Å². The van der Waals surface area contributed by atoms with Gasteiger partial charge in [-0.25, -0.2) is 0 Å². The fraction of sp³-hybridized carbons (Fsp3) is 1.00. The Hall–Kier alpha value is 1.30. The van der Waals surface area contributed by atoms with Gasteiger partial charge in [0.15, 0.2) is 0 Å². The Bertz CT molecular complexity index is 219. The van der Waals surface area contributed by atoms with E-state index in [9.17, 15) is 0 Å². The van der Waals surface area contributed by atoms with Crippen LogP contribution in [-0.2, 0) is 9.47 Å². The van der Waals surface area contributed by atoms with Crippen LogP contribution >= 0.6 is 0 Å². The van der Waals surface area contributed by atoms with Crippen molar-refractivity contribution >= 4 is 0 Å². The summed E-state index contributed by atoms with van der Waals surface area (Å²) in [7, 11) is 0. The van der Waals surface area contributed by atoms with Gasteiger partial charge in [0, 0.05) is 0 Å². The molecule has 4 nitrogen and oxygen atoms in total. The number of ether oxygens (including phenoxy) is 2. The minimum atomic E-state index is 0. The Balaban J connectivity index is -0.00000220. The van der Waals surface area contributed by atoms with E-state index in [1.807, 2.05) is 0 Å². The summed E-state index contributed by atoms with van der Waals surface area (Å²) in [6, 6.07) is 0. The van der Waals surface area contributed by atoms with Crippen LogP contribution < -0.4 is 48.0 Å². The molecule has 0 aliphatic rings. The van der Waals surface area contributed by atoms with Crippen LogP contribution in [0.1, 0.15) is 41.5 Å². The van der Waals surface area contributed by atoms with Crippen LogP contribution in [0.15, 0.2) is 0 Å². The molecule has 24 heavy (non-hydrogen) atoms. The molecular formula is C18H42I2N2O2. The van der Waals surface area contributed by atoms with Crippen molar-refractivity contribution in [3.05, 3.63) is 0 Å². The van der Waals surface area contributed by atoms with Crippen LogP contribution in [0.5, 0.6) is 0 Å². The monoisotopic (exact) mass is 572 g/mol. The molecule has 0 bridgehead atoms. The third kappa shape index (κ3) is 11.1. The summed E-state index contributed by atoms with van der Waals surface area (Å²) in [5.74, 6) is 0. The second-order valence-electron chi connectivity index (χ2n) is 6.25. The first-order chi connectivity index (χ1) is 10.6. The van der Waals surface area contributed by atoms with E-state index in [4.69, 9.17) is 9.47 Å². The largest absolute Gasteiger partial charge is 1.00 e. The lowest BCUT2D eigenvalue weighted by atomic mass is 10.3. The minimum Gasteiger partial charge on any atom is -1.00 e. The molecule has 0 saturated heterocycles. The van der Waals surface area contributed by atoms with Gasteiger partial charge in [-0.3, -0.25) is 0 Å². The van der Waals surface area contributed by atoms with Crippen molar-refractivity contribution in [1.29, 1.82) is 0 Å². The SMILES string of the molecule is CC[N+](CC)(CC)CCOCCOCC[N+](CC)(CC)CC.[I-].[I-]. The summed E-state index contributed by atoms with van der Waals surface area (Å²) in [4.78, 5) is 0. The molecule has 0 spiro atoms. The number of hydrogen-bond donors (Lipinski definition) is 0. The molecule has 0 atom stereocenters. The van der Waals surface area contributed by atoms with E-state index >= 15 is 0 Å². The van der Waals surface area contributed by atoms with E-state index < -0.39 is 0 Å². The molecule has 150 valence electrons. The molecule has 0 aliphatic heterocycles. The Kier molecular flexibility index (Phi) is 22.2. The molecule has 0 rings (SSSR count). The van der Waals surface area contributed by atoms with Crippen LogP contribution in [-0.4, -0.2) is 87.8 Å². The molecule has 0 heterocycles. The summed E-state index contributed by atoms with van der Waals surface area (Å²) in [6.45, 7) is 26.2. The Labute approximate surface area is 185 Å². The lowest BCUT2D eigenvalue weighted by molar-refractivity contribution is -0.923. The second kappa shape index (κ2) is 17.7. The second-order valence-corrected chi connectivity index (χ2v) is 6.25. The number of halogens is 2. The molecule has 0 saturated carbocycles. The van der Waals surface area contributed by atoms with Gasteiger partial charge in [0.2, 0.25) is 0 Å².